The molecule has 0 spiro atoms. The molecule has 0 aliphatic carbocycles. The normalized spacial score (nSPS) is 12.1. The van der Waals surface area contributed by atoms with Gasteiger partial charge in [0.25, 0.3) is 10.0 Å². The quantitative estimate of drug-likeness (QED) is 0.321. The van der Waals surface area contributed by atoms with Crippen LogP contribution in [0.2, 0.25) is 20.1 Å². The number of carbonyl (C=O) groups excluding carboxylic acids is 2. The van der Waals surface area contributed by atoms with E-state index in [1.165, 1.54) is 55.3 Å². The van der Waals surface area contributed by atoms with Gasteiger partial charge in [0, 0.05) is 28.7 Å². The summed E-state index contributed by atoms with van der Waals surface area (Å²) in [4.78, 5) is 27.6. The molecule has 3 rings (SSSR count). The minimum Gasteiger partial charge on any atom is -0.357 e. The molecular formula is C26H25Cl4N3O4S. The summed E-state index contributed by atoms with van der Waals surface area (Å²) >= 11 is 24.9. The second-order valence-corrected chi connectivity index (χ2v) is 12.0. The Morgan fingerprint density at radius 3 is 2.11 bits per heavy atom. The molecule has 2 amide bonds. The predicted molar refractivity (Wildman–Crippen MR) is 153 cm³/mol. The molecule has 0 heterocycles. The number of rotatable bonds is 9. The van der Waals surface area contributed by atoms with Crippen molar-refractivity contribution in [3.05, 3.63) is 91.9 Å². The standard InChI is InChI=1S/C26H25Cl4N3O4S/c1-16-4-9-21(10-5-16)38(36,37)33(24-13-20(28)8-11-22(24)29)15-25(34)32(17(2)26(35)31-3)14-18-6-7-19(27)12-23(18)30/h4-13,17H,14-15H2,1-3H3,(H,31,35). The lowest BCUT2D eigenvalue weighted by Crippen LogP contribution is -2.50. The van der Waals surface area contributed by atoms with Gasteiger partial charge >= 0.3 is 0 Å². The van der Waals surface area contributed by atoms with Gasteiger partial charge in [0.05, 0.1) is 15.6 Å². The van der Waals surface area contributed by atoms with Crippen molar-refractivity contribution in [1.82, 2.24) is 10.2 Å². The maximum Gasteiger partial charge on any atom is 0.264 e. The highest BCUT2D eigenvalue weighted by atomic mass is 35.5. The first-order valence-electron chi connectivity index (χ1n) is 11.3. The van der Waals surface area contributed by atoms with Gasteiger partial charge in [0.2, 0.25) is 11.8 Å². The number of hydrogen-bond acceptors (Lipinski definition) is 4. The Balaban J connectivity index is 2.09. The number of benzene rings is 3. The zero-order valence-electron chi connectivity index (χ0n) is 20.7. The maximum absolute atomic E-state index is 13.8. The van der Waals surface area contributed by atoms with Gasteiger partial charge in [0.1, 0.15) is 12.6 Å². The fourth-order valence-electron chi connectivity index (χ4n) is 3.65. The molecule has 7 nitrogen and oxygen atoms in total. The van der Waals surface area contributed by atoms with Crippen LogP contribution in [-0.2, 0) is 26.2 Å². The Morgan fingerprint density at radius 1 is 0.895 bits per heavy atom. The van der Waals surface area contributed by atoms with Crippen molar-refractivity contribution in [3.63, 3.8) is 0 Å². The number of anilines is 1. The SMILES string of the molecule is CNC(=O)C(C)N(Cc1ccc(Cl)cc1Cl)C(=O)CN(c1cc(Cl)ccc1Cl)S(=O)(=O)c1ccc(C)cc1. The molecule has 0 aliphatic heterocycles. The van der Waals surface area contributed by atoms with Crippen LogP contribution in [0, 0.1) is 6.92 Å². The Hall–Kier alpha value is -2.49. The van der Waals surface area contributed by atoms with Crippen molar-refractivity contribution >= 4 is 73.9 Å². The molecule has 0 saturated heterocycles. The largest absolute Gasteiger partial charge is 0.357 e. The number of sulfonamides is 1. The lowest BCUT2D eigenvalue weighted by Gasteiger charge is -2.32. The molecule has 3 aromatic rings. The van der Waals surface area contributed by atoms with Crippen molar-refractivity contribution in [2.75, 3.05) is 17.9 Å². The molecule has 38 heavy (non-hydrogen) atoms. The molecule has 1 atom stereocenters. The molecule has 0 radical (unpaired) electrons. The molecule has 1 N–H and O–H groups in total. The zero-order chi connectivity index (χ0) is 28.2. The van der Waals surface area contributed by atoms with Crippen molar-refractivity contribution < 1.29 is 18.0 Å². The van der Waals surface area contributed by atoms with E-state index in [2.05, 4.69) is 5.32 Å². The average Bonchev–Trinajstić information content (AvgIpc) is 2.87. The van der Waals surface area contributed by atoms with E-state index in [0.29, 0.717) is 15.6 Å². The van der Waals surface area contributed by atoms with Gasteiger partial charge in [-0.2, -0.15) is 0 Å². The van der Waals surface area contributed by atoms with Gasteiger partial charge in [-0.25, -0.2) is 8.42 Å². The van der Waals surface area contributed by atoms with Gasteiger partial charge in [-0.05, 0) is 61.9 Å². The molecule has 0 aromatic heterocycles. The number of aryl methyl sites for hydroxylation is 1. The lowest BCUT2D eigenvalue weighted by atomic mass is 10.1. The monoisotopic (exact) mass is 615 g/mol. The van der Waals surface area contributed by atoms with Crippen LogP contribution in [0.1, 0.15) is 18.1 Å². The zero-order valence-corrected chi connectivity index (χ0v) is 24.6. The minimum atomic E-state index is -4.28. The van der Waals surface area contributed by atoms with E-state index >= 15 is 0 Å². The van der Waals surface area contributed by atoms with Gasteiger partial charge < -0.3 is 10.2 Å². The number of likely N-dealkylation sites (N-methyl/N-ethyl adjacent to an activating group) is 1. The van der Waals surface area contributed by atoms with E-state index in [1.807, 2.05) is 6.92 Å². The van der Waals surface area contributed by atoms with Gasteiger partial charge in [-0.1, -0.05) is 70.2 Å². The first-order chi connectivity index (χ1) is 17.8. The van der Waals surface area contributed by atoms with Gasteiger partial charge in [-0.15, -0.1) is 0 Å². The first kappa shape index (κ1) is 30.1. The number of carbonyl (C=O) groups is 2. The molecule has 0 fully saturated rings. The molecule has 12 heteroatoms. The van der Waals surface area contributed by atoms with E-state index < -0.39 is 34.4 Å². The average molecular weight is 617 g/mol. The minimum absolute atomic E-state index is 0.0187. The third kappa shape index (κ3) is 6.93. The topological polar surface area (TPSA) is 86.8 Å². The molecule has 202 valence electrons. The van der Waals surface area contributed by atoms with Crippen molar-refractivity contribution in [1.29, 1.82) is 0 Å². The maximum atomic E-state index is 13.8. The van der Waals surface area contributed by atoms with E-state index in [4.69, 9.17) is 46.4 Å². The Kier molecular flexibility index (Phi) is 9.95. The number of halogens is 4. The van der Waals surface area contributed by atoms with Crippen LogP contribution in [-0.4, -0.2) is 44.8 Å². The Labute approximate surface area is 242 Å². The molecule has 1 unspecified atom stereocenters. The fraction of sp³-hybridized carbons (Fsp3) is 0.231. The second-order valence-electron chi connectivity index (χ2n) is 8.47. The number of nitrogens with zero attached hydrogens (tertiary/aromatic N) is 2. The van der Waals surface area contributed by atoms with E-state index in [1.54, 1.807) is 24.3 Å². The first-order valence-corrected chi connectivity index (χ1v) is 14.3. The molecule has 0 bridgehead atoms. The van der Waals surface area contributed by atoms with Crippen LogP contribution < -0.4 is 9.62 Å². The third-order valence-electron chi connectivity index (χ3n) is 5.83. The molecule has 3 aromatic carbocycles. The van der Waals surface area contributed by atoms with Crippen molar-refractivity contribution in [2.24, 2.45) is 0 Å². The van der Waals surface area contributed by atoms with Crippen molar-refractivity contribution in [2.45, 2.75) is 31.3 Å². The fourth-order valence-corrected chi connectivity index (χ4v) is 5.98. The number of hydrogen-bond donors (Lipinski definition) is 1. The van der Waals surface area contributed by atoms with E-state index in [-0.39, 0.29) is 27.2 Å². The van der Waals surface area contributed by atoms with E-state index in [9.17, 15) is 18.0 Å². The Bertz CT molecular complexity index is 1450. The summed E-state index contributed by atoms with van der Waals surface area (Å²) in [6.45, 7) is 2.62. The molecule has 0 aliphatic rings. The van der Waals surface area contributed by atoms with Crippen molar-refractivity contribution in [3.8, 4) is 0 Å². The van der Waals surface area contributed by atoms with Crippen LogP contribution in [0.5, 0.6) is 0 Å². The summed E-state index contributed by atoms with van der Waals surface area (Å²) in [6.07, 6.45) is 0. The van der Waals surface area contributed by atoms with Crippen LogP contribution in [0.15, 0.2) is 65.6 Å². The summed E-state index contributed by atoms with van der Waals surface area (Å²) < 4.78 is 28.5. The van der Waals surface area contributed by atoms with Crippen LogP contribution in [0.4, 0.5) is 5.69 Å². The lowest BCUT2D eigenvalue weighted by molar-refractivity contribution is -0.139. The highest BCUT2D eigenvalue weighted by Crippen LogP contribution is 2.33. The summed E-state index contributed by atoms with van der Waals surface area (Å²) in [5.74, 6) is -1.11. The number of nitrogens with one attached hydrogen (secondary N) is 1. The second kappa shape index (κ2) is 12.6. The van der Waals surface area contributed by atoms with Gasteiger partial charge in [-0.3, -0.25) is 13.9 Å². The summed E-state index contributed by atoms with van der Waals surface area (Å²) in [6, 6.07) is 14.3. The molecular weight excluding hydrogens is 592 g/mol. The van der Waals surface area contributed by atoms with E-state index in [0.717, 1.165) is 9.87 Å². The summed E-state index contributed by atoms with van der Waals surface area (Å²) in [5, 5.41) is 3.51. The van der Waals surface area contributed by atoms with Crippen LogP contribution in [0.3, 0.4) is 0 Å². The Morgan fingerprint density at radius 2 is 1.50 bits per heavy atom. The highest BCUT2D eigenvalue weighted by molar-refractivity contribution is 7.92. The molecule has 0 saturated carbocycles. The highest BCUT2D eigenvalue weighted by Gasteiger charge is 2.33. The smallest absolute Gasteiger partial charge is 0.264 e. The van der Waals surface area contributed by atoms with Gasteiger partial charge in [0.15, 0.2) is 0 Å². The number of amides is 2. The van der Waals surface area contributed by atoms with Crippen LogP contribution in [0.25, 0.3) is 0 Å². The summed E-state index contributed by atoms with van der Waals surface area (Å²) in [7, 11) is -2.84. The summed E-state index contributed by atoms with van der Waals surface area (Å²) in [5.41, 5.74) is 1.40. The van der Waals surface area contributed by atoms with Crippen LogP contribution >= 0.6 is 46.4 Å². The predicted octanol–water partition coefficient (Wildman–Crippen LogP) is 5.97. The third-order valence-corrected chi connectivity index (χ3v) is 8.75.